The summed E-state index contributed by atoms with van der Waals surface area (Å²) in [4.78, 5) is 13.2. The summed E-state index contributed by atoms with van der Waals surface area (Å²) in [7, 11) is 1.59. The van der Waals surface area contributed by atoms with E-state index < -0.39 is 11.4 Å². The van der Waals surface area contributed by atoms with Crippen LogP contribution in [0.2, 0.25) is 0 Å². The second-order valence-electron chi connectivity index (χ2n) is 6.26. The molecule has 2 aliphatic heterocycles. The zero-order valence-corrected chi connectivity index (χ0v) is 13.3. The molecule has 2 aromatic carbocycles. The van der Waals surface area contributed by atoms with Gasteiger partial charge in [0.1, 0.15) is 11.5 Å². The summed E-state index contributed by atoms with van der Waals surface area (Å²) in [5.74, 6) is 0.188. The van der Waals surface area contributed by atoms with Gasteiger partial charge in [-0.1, -0.05) is 44.2 Å². The lowest BCUT2D eigenvalue weighted by atomic mass is 9.79. The number of carbonyl (C=O) groups is 1. The summed E-state index contributed by atoms with van der Waals surface area (Å²) in [6.07, 6.45) is 0. The maximum Gasteiger partial charge on any atom is 0.255 e. The quantitative estimate of drug-likeness (QED) is 0.814. The zero-order valence-electron chi connectivity index (χ0n) is 13.3. The molecule has 23 heavy (non-hydrogen) atoms. The minimum absolute atomic E-state index is 0.0195. The van der Waals surface area contributed by atoms with Gasteiger partial charge in [0, 0.05) is 12.0 Å². The van der Waals surface area contributed by atoms with Gasteiger partial charge in [-0.2, -0.15) is 0 Å². The van der Waals surface area contributed by atoms with E-state index in [4.69, 9.17) is 14.2 Å². The van der Waals surface area contributed by atoms with E-state index >= 15 is 0 Å². The van der Waals surface area contributed by atoms with Gasteiger partial charge in [-0.15, -0.1) is 0 Å². The van der Waals surface area contributed by atoms with Crippen molar-refractivity contribution in [1.29, 1.82) is 0 Å². The molecule has 2 aliphatic rings. The first-order chi connectivity index (χ1) is 11.0. The van der Waals surface area contributed by atoms with Crippen LogP contribution in [0.1, 0.15) is 29.8 Å². The van der Waals surface area contributed by atoms with Crippen LogP contribution in [-0.4, -0.2) is 18.7 Å². The molecule has 4 nitrogen and oxygen atoms in total. The minimum atomic E-state index is -1.05. The van der Waals surface area contributed by atoms with E-state index in [9.17, 15) is 4.79 Å². The molecule has 2 heterocycles. The van der Waals surface area contributed by atoms with Crippen LogP contribution < -0.4 is 9.47 Å². The van der Waals surface area contributed by atoms with Gasteiger partial charge < -0.3 is 14.2 Å². The van der Waals surface area contributed by atoms with Crippen LogP contribution in [0.4, 0.5) is 0 Å². The average molecular weight is 310 g/mol. The number of ketones is 1. The third-order valence-corrected chi connectivity index (χ3v) is 4.71. The fourth-order valence-corrected chi connectivity index (χ4v) is 3.46. The molecule has 2 atom stereocenters. The van der Waals surface area contributed by atoms with Crippen LogP contribution in [0.5, 0.6) is 11.5 Å². The monoisotopic (exact) mass is 310 g/mol. The van der Waals surface area contributed by atoms with Crippen molar-refractivity contribution in [2.24, 2.45) is 5.92 Å². The van der Waals surface area contributed by atoms with Crippen molar-refractivity contribution < 1.29 is 19.0 Å². The van der Waals surface area contributed by atoms with E-state index in [1.807, 2.05) is 44.2 Å². The van der Waals surface area contributed by atoms with Gasteiger partial charge in [0.2, 0.25) is 11.4 Å². The van der Waals surface area contributed by atoms with Crippen molar-refractivity contribution >= 4 is 5.78 Å². The Morgan fingerprint density at radius 3 is 2.48 bits per heavy atom. The second kappa shape index (κ2) is 4.59. The first-order valence-corrected chi connectivity index (χ1v) is 7.73. The number of hydrogen-bond acceptors (Lipinski definition) is 4. The highest BCUT2D eigenvalue weighted by molar-refractivity contribution is 6.09. The lowest BCUT2D eigenvalue weighted by molar-refractivity contribution is 0.0169. The molecule has 0 aliphatic carbocycles. The van der Waals surface area contributed by atoms with Gasteiger partial charge in [0.15, 0.2) is 0 Å². The summed E-state index contributed by atoms with van der Waals surface area (Å²) in [5.41, 5.74) is 0.313. The van der Waals surface area contributed by atoms with Crippen molar-refractivity contribution in [1.82, 2.24) is 0 Å². The molecule has 1 saturated heterocycles. The third-order valence-electron chi connectivity index (χ3n) is 4.71. The summed E-state index contributed by atoms with van der Waals surface area (Å²) in [6, 6.07) is 14.8. The number of ether oxygens (including phenoxy) is 3. The van der Waals surface area contributed by atoms with Crippen molar-refractivity contribution in [2.45, 2.75) is 25.2 Å². The van der Waals surface area contributed by atoms with Crippen LogP contribution >= 0.6 is 0 Å². The maximum absolute atomic E-state index is 13.2. The number of hydrogen-bond donors (Lipinski definition) is 0. The number of carbonyl (C=O) groups excluding carboxylic acids is 1. The second-order valence-corrected chi connectivity index (χ2v) is 6.26. The molecule has 4 rings (SSSR count). The summed E-state index contributed by atoms with van der Waals surface area (Å²) >= 11 is 0. The molecule has 118 valence electrons. The molecular weight excluding hydrogens is 292 g/mol. The molecule has 1 fully saturated rings. The lowest BCUT2D eigenvalue weighted by Crippen LogP contribution is -2.43. The molecule has 2 aromatic rings. The highest BCUT2D eigenvalue weighted by Gasteiger charge is 2.81. The molecule has 0 saturated carbocycles. The Labute approximate surface area is 135 Å². The normalized spacial score (nSPS) is 27.9. The Morgan fingerprint density at radius 1 is 1.09 bits per heavy atom. The Bertz CT molecular complexity index is 783. The summed E-state index contributed by atoms with van der Waals surface area (Å²) in [6.45, 7) is 4.01. The maximum atomic E-state index is 13.2. The average Bonchev–Trinajstić information content (AvgIpc) is 3.27. The predicted octanol–water partition coefficient (Wildman–Crippen LogP) is 3.55. The van der Waals surface area contributed by atoms with Crippen LogP contribution in [0.3, 0.4) is 0 Å². The number of rotatable bonds is 3. The predicted molar refractivity (Wildman–Crippen MR) is 84.7 cm³/mol. The van der Waals surface area contributed by atoms with Gasteiger partial charge in [-0.05, 0) is 17.7 Å². The molecule has 2 unspecified atom stereocenters. The van der Waals surface area contributed by atoms with Gasteiger partial charge in [-0.3, -0.25) is 4.79 Å². The van der Waals surface area contributed by atoms with E-state index in [1.165, 1.54) is 0 Å². The standard InChI is InChI=1S/C19H18O4/c1-12(2)19-18(23-19,13-7-5-4-6-8-13)17(20)15-10-9-14(21-3)11-16(15)22-19/h4-12H,1-3H3. The third kappa shape index (κ3) is 1.67. The molecule has 4 heteroatoms. The van der Waals surface area contributed by atoms with Gasteiger partial charge in [-0.25, -0.2) is 0 Å². The van der Waals surface area contributed by atoms with Crippen molar-refractivity contribution in [3.8, 4) is 11.5 Å². The Morgan fingerprint density at radius 2 is 1.83 bits per heavy atom. The zero-order chi connectivity index (χ0) is 16.2. The summed E-state index contributed by atoms with van der Waals surface area (Å²) in [5, 5.41) is 0. The van der Waals surface area contributed by atoms with Crippen molar-refractivity contribution in [3.05, 3.63) is 59.7 Å². The molecule has 0 N–H and O–H groups in total. The van der Waals surface area contributed by atoms with Crippen LogP contribution in [-0.2, 0) is 10.3 Å². The minimum Gasteiger partial charge on any atom is -0.497 e. The number of fused-ring (bicyclic) bond motifs is 2. The summed E-state index contributed by atoms with van der Waals surface area (Å²) < 4.78 is 17.5. The fraction of sp³-hybridized carbons (Fsp3) is 0.316. The lowest BCUT2D eigenvalue weighted by Gasteiger charge is -2.29. The van der Waals surface area contributed by atoms with E-state index in [0.29, 0.717) is 17.1 Å². The number of methoxy groups -OCH3 is 1. The Balaban J connectivity index is 1.90. The van der Waals surface area contributed by atoms with Crippen molar-refractivity contribution in [2.75, 3.05) is 7.11 Å². The fourth-order valence-electron chi connectivity index (χ4n) is 3.46. The Hall–Kier alpha value is -2.33. The van der Waals surface area contributed by atoms with Gasteiger partial charge >= 0.3 is 0 Å². The van der Waals surface area contributed by atoms with Gasteiger partial charge in [0.25, 0.3) is 5.79 Å². The van der Waals surface area contributed by atoms with Crippen LogP contribution in [0.15, 0.2) is 48.5 Å². The first kappa shape index (κ1) is 14.3. The Kier molecular flexibility index (Phi) is 2.85. The van der Waals surface area contributed by atoms with Crippen LogP contribution in [0.25, 0.3) is 0 Å². The molecular formula is C19H18O4. The SMILES string of the molecule is COc1ccc2c(c1)OC1(C(C)C)OC1(c1ccccc1)C2=O. The smallest absolute Gasteiger partial charge is 0.255 e. The first-order valence-electron chi connectivity index (χ1n) is 7.73. The molecule has 0 aromatic heterocycles. The molecule has 0 amide bonds. The van der Waals surface area contributed by atoms with E-state index in [2.05, 4.69) is 0 Å². The molecule has 0 spiro atoms. The molecule has 0 bridgehead atoms. The number of epoxide rings is 1. The highest BCUT2D eigenvalue weighted by Crippen LogP contribution is 2.64. The van der Waals surface area contributed by atoms with Crippen LogP contribution in [0, 0.1) is 5.92 Å². The number of benzene rings is 2. The molecule has 0 radical (unpaired) electrons. The highest BCUT2D eigenvalue weighted by atomic mass is 16.8. The van der Waals surface area contributed by atoms with Gasteiger partial charge in [0.05, 0.1) is 12.7 Å². The number of Topliss-reactive ketones (excluding diaryl/α,β-unsaturated/α-hetero) is 1. The topological polar surface area (TPSA) is 48.1 Å². The van der Waals surface area contributed by atoms with Crippen molar-refractivity contribution in [3.63, 3.8) is 0 Å². The van der Waals surface area contributed by atoms with E-state index in [1.54, 1.807) is 25.3 Å². The van der Waals surface area contributed by atoms with E-state index in [0.717, 1.165) is 5.56 Å². The van der Waals surface area contributed by atoms with E-state index in [-0.39, 0.29) is 11.7 Å². The largest absolute Gasteiger partial charge is 0.497 e.